The lowest BCUT2D eigenvalue weighted by Crippen LogP contribution is -2.32. The van der Waals surface area contributed by atoms with Gasteiger partial charge in [-0.15, -0.1) is 0 Å². The van der Waals surface area contributed by atoms with E-state index >= 15 is 0 Å². The van der Waals surface area contributed by atoms with E-state index in [0.717, 1.165) is 13.0 Å². The van der Waals surface area contributed by atoms with Crippen molar-refractivity contribution >= 4 is 5.91 Å². The fourth-order valence-electron chi connectivity index (χ4n) is 2.49. The molecule has 3 nitrogen and oxygen atoms in total. The molecular weight excluding hydrogens is 260 g/mol. The molecule has 1 rings (SSSR count). The maximum absolute atomic E-state index is 11.5. The van der Waals surface area contributed by atoms with Crippen molar-refractivity contribution in [3.8, 4) is 0 Å². The first-order valence-corrected chi connectivity index (χ1v) is 7.92. The Bertz CT molecular complexity index is 423. The average Bonchev–Trinajstić information content (AvgIpc) is 2.43. The third-order valence-electron chi connectivity index (χ3n) is 3.55. The topological polar surface area (TPSA) is 32.3 Å². The number of amides is 1. The van der Waals surface area contributed by atoms with E-state index in [-0.39, 0.29) is 5.91 Å². The van der Waals surface area contributed by atoms with Gasteiger partial charge in [-0.25, -0.2) is 0 Å². The highest BCUT2D eigenvalue weighted by Crippen LogP contribution is 2.18. The minimum absolute atomic E-state index is 0.121. The molecular formula is C18H30N2O. The van der Waals surface area contributed by atoms with Crippen LogP contribution in [0.2, 0.25) is 0 Å². The van der Waals surface area contributed by atoms with Crippen LogP contribution in [0.5, 0.6) is 0 Å². The van der Waals surface area contributed by atoms with E-state index in [2.05, 4.69) is 62.4 Å². The first-order valence-electron chi connectivity index (χ1n) is 7.92. The smallest absolute Gasteiger partial charge is 0.219 e. The van der Waals surface area contributed by atoms with Gasteiger partial charge in [0.2, 0.25) is 5.91 Å². The Hall–Kier alpha value is -1.35. The Labute approximate surface area is 129 Å². The summed E-state index contributed by atoms with van der Waals surface area (Å²) in [5, 5.41) is 3.02. The van der Waals surface area contributed by atoms with Crippen LogP contribution in [0.15, 0.2) is 24.3 Å². The maximum atomic E-state index is 11.5. The van der Waals surface area contributed by atoms with Gasteiger partial charge in [-0.05, 0) is 37.6 Å². The highest BCUT2D eigenvalue weighted by atomic mass is 16.1. The largest absolute Gasteiger partial charge is 0.355 e. The average molecular weight is 290 g/mol. The molecule has 0 heterocycles. The second kappa shape index (κ2) is 8.83. The minimum atomic E-state index is 0.121. The summed E-state index contributed by atoms with van der Waals surface area (Å²) in [6, 6.07) is 8.87. The van der Waals surface area contributed by atoms with Crippen LogP contribution in [0.1, 0.15) is 44.2 Å². The molecule has 0 fully saturated rings. The molecule has 0 bridgehead atoms. The molecule has 1 N–H and O–H groups in total. The lowest BCUT2D eigenvalue weighted by atomic mass is 9.95. The zero-order valence-electron chi connectivity index (χ0n) is 14.1. The van der Waals surface area contributed by atoms with E-state index in [0.29, 0.717) is 24.8 Å². The Balaban J connectivity index is 2.74. The van der Waals surface area contributed by atoms with Crippen molar-refractivity contribution in [2.24, 2.45) is 5.92 Å². The second-order valence-electron chi connectivity index (χ2n) is 6.46. The lowest BCUT2D eigenvalue weighted by molar-refractivity contribution is -0.120. The number of nitrogens with zero attached hydrogens (tertiary/aromatic N) is 1. The highest BCUT2D eigenvalue weighted by molar-refractivity contribution is 5.75. The summed E-state index contributed by atoms with van der Waals surface area (Å²) in [6.07, 6.45) is 1.66. The molecule has 0 aromatic heterocycles. The number of hydrogen-bond acceptors (Lipinski definition) is 2. The molecule has 1 unspecified atom stereocenters. The fraction of sp³-hybridized carbons (Fsp3) is 0.611. The molecule has 1 amide bonds. The van der Waals surface area contributed by atoms with E-state index < -0.39 is 0 Å². The third-order valence-corrected chi connectivity index (χ3v) is 3.55. The molecule has 21 heavy (non-hydrogen) atoms. The standard InChI is InChI=1S/C18H30N2O/c1-6-18(21)19-12-17(13-20(4)5)16-9-7-15(8-10-16)11-14(2)3/h7-10,14,17H,6,11-13H2,1-5H3,(H,19,21). The van der Waals surface area contributed by atoms with Gasteiger partial charge in [0.05, 0.1) is 0 Å². The van der Waals surface area contributed by atoms with E-state index in [1.807, 2.05) is 6.92 Å². The van der Waals surface area contributed by atoms with Crippen LogP contribution in [0.4, 0.5) is 0 Å². The van der Waals surface area contributed by atoms with Crippen molar-refractivity contribution in [1.82, 2.24) is 10.2 Å². The summed E-state index contributed by atoms with van der Waals surface area (Å²) in [4.78, 5) is 13.7. The van der Waals surface area contributed by atoms with Gasteiger partial charge in [-0.2, -0.15) is 0 Å². The first kappa shape index (κ1) is 17.7. The Morgan fingerprint density at radius 1 is 1.19 bits per heavy atom. The van der Waals surface area contributed by atoms with Crippen LogP contribution < -0.4 is 5.32 Å². The number of carbonyl (C=O) groups is 1. The summed E-state index contributed by atoms with van der Waals surface area (Å²) < 4.78 is 0. The maximum Gasteiger partial charge on any atom is 0.219 e. The number of nitrogens with one attached hydrogen (secondary N) is 1. The van der Waals surface area contributed by atoms with Gasteiger partial charge < -0.3 is 10.2 Å². The van der Waals surface area contributed by atoms with Crippen molar-refractivity contribution in [2.75, 3.05) is 27.2 Å². The molecule has 1 aromatic rings. The molecule has 1 atom stereocenters. The van der Waals surface area contributed by atoms with E-state index in [1.165, 1.54) is 11.1 Å². The van der Waals surface area contributed by atoms with Gasteiger partial charge in [0, 0.05) is 25.4 Å². The van der Waals surface area contributed by atoms with Crippen molar-refractivity contribution in [3.05, 3.63) is 35.4 Å². The van der Waals surface area contributed by atoms with E-state index in [9.17, 15) is 4.79 Å². The minimum Gasteiger partial charge on any atom is -0.355 e. The predicted molar refractivity (Wildman–Crippen MR) is 89.6 cm³/mol. The number of carbonyl (C=O) groups excluding carboxylic acids is 1. The molecule has 1 aromatic carbocycles. The van der Waals surface area contributed by atoms with E-state index in [1.54, 1.807) is 0 Å². The molecule has 0 aliphatic heterocycles. The van der Waals surface area contributed by atoms with Gasteiger partial charge in [0.1, 0.15) is 0 Å². The molecule has 0 saturated heterocycles. The zero-order valence-corrected chi connectivity index (χ0v) is 14.1. The number of rotatable bonds is 8. The van der Waals surface area contributed by atoms with Gasteiger partial charge in [0.15, 0.2) is 0 Å². The summed E-state index contributed by atoms with van der Waals surface area (Å²) in [5.74, 6) is 1.14. The summed E-state index contributed by atoms with van der Waals surface area (Å²) in [7, 11) is 4.14. The van der Waals surface area contributed by atoms with Gasteiger partial charge in [-0.1, -0.05) is 45.0 Å². The van der Waals surface area contributed by atoms with Crippen LogP contribution in [0.3, 0.4) is 0 Å². The van der Waals surface area contributed by atoms with Crippen LogP contribution in [0, 0.1) is 5.92 Å². The molecule has 0 radical (unpaired) electrons. The van der Waals surface area contributed by atoms with Crippen molar-refractivity contribution in [1.29, 1.82) is 0 Å². The van der Waals surface area contributed by atoms with Crippen molar-refractivity contribution in [2.45, 2.75) is 39.5 Å². The second-order valence-corrected chi connectivity index (χ2v) is 6.46. The first-order chi connectivity index (χ1) is 9.92. The number of benzene rings is 1. The van der Waals surface area contributed by atoms with E-state index in [4.69, 9.17) is 0 Å². The number of likely N-dealkylation sites (N-methyl/N-ethyl adjacent to an activating group) is 1. The lowest BCUT2D eigenvalue weighted by Gasteiger charge is -2.22. The summed E-state index contributed by atoms with van der Waals surface area (Å²) in [5.41, 5.74) is 2.68. The van der Waals surface area contributed by atoms with Crippen molar-refractivity contribution < 1.29 is 4.79 Å². The normalized spacial score (nSPS) is 12.7. The fourth-order valence-corrected chi connectivity index (χ4v) is 2.49. The quantitative estimate of drug-likeness (QED) is 0.798. The summed E-state index contributed by atoms with van der Waals surface area (Å²) >= 11 is 0. The molecule has 3 heteroatoms. The number of hydrogen-bond donors (Lipinski definition) is 1. The molecule has 0 aliphatic rings. The Kier molecular flexibility index (Phi) is 7.44. The van der Waals surface area contributed by atoms with Crippen LogP contribution in [-0.2, 0) is 11.2 Å². The highest BCUT2D eigenvalue weighted by Gasteiger charge is 2.14. The van der Waals surface area contributed by atoms with Crippen LogP contribution >= 0.6 is 0 Å². The Morgan fingerprint density at radius 3 is 2.29 bits per heavy atom. The Morgan fingerprint density at radius 2 is 1.81 bits per heavy atom. The van der Waals surface area contributed by atoms with Crippen LogP contribution in [-0.4, -0.2) is 38.0 Å². The third kappa shape index (κ3) is 6.76. The monoisotopic (exact) mass is 290 g/mol. The van der Waals surface area contributed by atoms with Gasteiger partial charge in [0.25, 0.3) is 0 Å². The molecule has 118 valence electrons. The zero-order chi connectivity index (χ0) is 15.8. The molecule has 0 saturated carbocycles. The van der Waals surface area contributed by atoms with Crippen molar-refractivity contribution in [3.63, 3.8) is 0 Å². The predicted octanol–water partition coefficient (Wildman–Crippen LogP) is 3.06. The van der Waals surface area contributed by atoms with Crippen LogP contribution in [0.25, 0.3) is 0 Å². The van der Waals surface area contributed by atoms with Gasteiger partial charge in [-0.3, -0.25) is 4.79 Å². The van der Waals surface area contributed by atoms with Gasteiger partial charge >= 0.3 is 0 Å². The molecule has 0 spiro atoms. The SMILES string of the molecule is CCC(=O)NCC(CN(C)C)c1ccc(CC(C)C)cc1. The summed E-state index contributed by atoms with van der Waals surface area (Å²) in [6.45, 7) is 8.00. The molecule has 0 aliphatic carbocycles.